The van der Waals surface area contributed by atoms with Crippen LogP contribution in [0.4, 0.5) is 4.39 Å². The number of hydrogen-bond donors (Lipinski definition) is 2. The highest BCUT2D eigenvalue weighted by Gasteiger charge is 2.19. The van der Waals surface area contributed by atoms with Gasteiger partial charge in [-0.25, -0.2) is 4.39 Å². The fourth-order valence-electron chi connectivity index (χ4n) is 1.64. The predicted octanol–water partition coefficient (Wildman–Crippen LogP) is 1.49. The van der Waals surface area contributed by atoms with Crippen LogP contribution in [0.3, 0.4) is 0 Å². The van der Waals surface area contributed by atoms with Gasteiger partial charge in [0.25, 0.3) is 0 Å². The number of alkyl halides is 1. The fraction of sp³-hybridized carbons (Fsp3) is 0.250. The number of hydrogen-bond acceptors (Lipinski definition) is 4. The van der Waals surface area contributed by atoms with Gasteiger partial charge in [0.15, 0.2) is 5.78 Å². The van der Waals surface area contributed by atoms with Gasteiger partial charge in [0.05, 0.1) is 18.9 Å². The lowest BCUT2D eigenvalue weighted by Gasteiger charge is -2.12. The molecule has 2 N–H and O–H groups in total. The van der Waals surface area contributed by atoms with E-state index in [-0.39, 0.29) is 5.78 Å². The smallest absolute Gasteiger partial charge is 0.182 e. The number of benzene rings is 1. The van der Waals surface area contributed by atoms with Crippen LogP contribution in [-0.4, -0.2) is 30.3 Å². The molecule has 17 heavy (non-hydrogen) atoms. The Labute approximate surface area is 97.0 Å². The Morgan fingerprint density at radius 2 is 2.29 bits per heavy atom. The van der Waals surface area contributed by atoms with Gasteiger partial charge in [0, 0.05) is 10.9 Å². The van der Waals surface area contributed by atoms with Crippen LogP contribution < -0.4 is 5.32 Å². The first-order valence-electron chi connectivity index (χ1n) is 5.18. The van der Waals surface area contributed by atoms with E-state index in [0.29, 0.717) is 11.1 Å². The molecular weight excluding hydrogens is 225 g/mol. The van der Waals surface area contributed by atoms with Gasteiger partial charge in [-0.15, -0.1) is 0 Å². The number of fused-ring (bicyclic) bond motifs is 1. The molecule has 0 radical (unpaired) electrons. The lowest BCUT2D eigenvalue weighted by atomic mass is 10.0. The molecule has 0 aliphatic rings. The van der Waals surface area contributed by atoms with E-state index in [9.17, 15) is 9.18 Å². The maximum atomic E-state index is 12.1. The van der Waals surface area contributed by atoms with Crippen LogP contribution in [-0.2, 0) is 0 Å². The monoisotopic (exact) mass is 237 g/mol. The number of aliphatic hydroxyl groups is 1. The van der Waals surface area contributed by atoms with Crippen molar-refractivity contribution < 1.29 is 18.7 Å². The Hall–Kier alpha value is -1.72. The minimum atomic E-state index is -0.924. The van der Waals surface area contributed by atoms with Crippen molar-refractivity contribution in [2.45, 2.75) is 6.04 Å². The third-order valence-corrected chi connectivity index (χ3v) is 2.56. The average Bonchev–Trinajstić information content (AvgIpc) is 2.82. The average molecular weight is 237 g/mol. The number of carbonyl (C=O) groups excluding carboxylic acids is 1. The number of ketones is 1. The summed E-state index contributed by atoms with van der Waals surface area (Å²) in [6.45, 7) is -1.31. The Morgan fingerprint density at radius 3 is 3.00 bits per heavy atom. The standard InChI is InChI=1S/C12H12FNO3/c13-7-14-10(6-15)12(16)9-2-1-8-3-4-17-11(8)5-9/h1-5,10,14-15H,6-7H2. The first-order chi connectivity index (χ1) is 8.26. The molecule has 1 aromatic carbocycles. The number of furan rings is 1. The summed E-state index contributed by atoms with van der Waals surface area (Å²) in [5.74, 6) is -0.358. The SMILES string of the molecule is O=C(c1ccc2ccoc2c1)C(CO)NCF. The molecule has 0 spiro atoms. The number of halogens is 1. The molecule has 0 fully saturated rings. The van der Waals surface area contributed by atoms with Crippen LogP contribution in [0, 0.1) is 0 Å². The molecule has 0 amide bonds. The Balaban J connectivity index is 2.28. The van der Waals surface area contributed by atoms with Crippen molar-refractivity contribution in [1.29, 1.82) is 0 Å². The van der Waals surface area contributed by atoms with Crippen LogP contribution >= 0.6 is 0 Å². The van der Waals surface area contributed by atoms with Gasteiger partial charge in [0.1, 0.15) is 12.4 Å². The minimum absolute atomic E-state index is 0.358. The topological polar surface area (TPSA) is 62.5 Å². The Morgan fingerprint density at radius 1 is 1.47 bits per heavy atom. The number of nitrogens with one attached hydrogen (secondary N) is 1. The maximum Gasteiger partial charge on any atom is 0.182 e. The summed E-state index contributed by atoms with van der Waals surface area (Å²) in [6, 6.07) is 5.82. The highest BCUT2D eigenvalue weighted by Crippen LogP contribution is 2.17. The molecule has 2 rings (SSSR count). The molecule has 1 unspecified atom stereocenters. The molecule has 0 aliphatic carbocycles. The minimum Gasteiger partial charge on any atom is -0.464 e. The van der Waals surface area contributed by atoms with E-state index < -0.39 is 19.4 Å². The molecule has 0 aliphatic heterocycles. The zero-order valence-corrected chi connectivity index (χ0v) is 9.02. The van der Waals surface area contributed by atoms with Crippen LogP contribution in [0.1, 0.15) is 10.4 Å². The quantitative estimate of drug-likeness (QED) is 0.611. The molecule has 1 aromatic heterocycles. The summed E-state index contributed by atoms with van der Waals surface area (Å²) in [4.78, 5) is 11.9. The lowest BCUT2D eigenvalue weighted by molar-refractivity contribution is 0.0886. The normalized spacial score (nSPS) is 12.8. The van der Waals surface area contributed by atoms with Gasteiger partial charge >= 0.3 is 0 Å². The van der Waals surface area contributed by atoms with Crippen molar-refractivity contribution in [2.75, 3.05) is 13.4 Å². The van der Waals surface area contributed by atoms with E-state index in [1.807, 2.05) is 0 Å². The van der Waals surface area contributed by atoms with E-state index in [1.165, 1.54) is 6.26 Å². The van der Waals surface area contributed by atoms with Crippen molar-refractivity contribution >= 4 is 16.8 Å². The van der Waals surface area contributed by atoms with E-state index in [1.54, 1.807) is 24.3 Å². The summed E-state index contributed by atoms with van der Waals surface area (Å²) in [5.41, 5.74) is 0.972. The number of aliphatic hydroxyl groups excluding tert-OH is 1. The zero-order valence-electron chi connectivity index (χ0n) is 9.02. The first-order valence-corrected chi connectivity index (χ1v) is 5.18. The van der Waals surface area contributed by atoms with E-state index in [0.717, 1.165) is 5.39 Å². The largest absolute Gasteiger partial charge is 0.464 e. The number of Topliss-reactive ketones (excluding diaryl/α,β-unsaturated/α-hetero) is 1. The van der Waals surface area contributed by atoms with Crippen molar-refractivity contribution in [3.63, 3.8) is 0 Å². The molecule has 2 aromatic rings. The highest BCUT2D eigenvalue weighted by molar-refractivity contribution is 6.02. The molecular formula is C12H12FNO3. The highest BCUT2D eigenvalue weighted by atomic mass is 19.1. The summed E-state index contributed by atoms with van der Waals surface area (Å²) < 4.78 is 17.3. The number of carbonyl (C=O) groups is 1. The Kier molecular flexibility index (Phi) is 3.51. The van der Waals surface area contributed by atoms with E-state index in [4.69, 9.17) is 9.52 Å². The van der Waals surface area contributed by atoms with Crippen LogP contribution in [0.15, 0.2) is 34.9 Å². The molecule has 0 saturated carbocycles. The predicted molar refractivity (Wildman–Crippen MR) is 60.5 cm³/mol. The van der Waals surface area contributed by atoms with Crippen molar-refractivity contribution in [2.24, 2.45) is 0 Å². The summed E-state index contributed by atoms with van der Waals surface area (Å²) in [6.07, 6.45) is 1.53. The number of rotatable bonds is 5. The van der Waals surface area contributed by atoms with Crippen LogP contribution in [0.5, 0.6) is 0 Å². The van der Waals surface area contributed by atoms with E-state index in [2.05, 4.69) is 5.32 Å². The molecule has 1 atom stereocenters. The second-order valence-electron chi connectivity index (χ2n) is 3.61. The molecule has 4 nitrogen and oxygen atoms in total. The first kappa shape index (κ1) is 11.8. The van der Waals surface area contributed by atoms with Crippen molar-refractivity contribution in [3.8, 4) is 0 Å². The third kappa shape index (κ3) is 2.35. The lowest BCUT2D eigenvalue weighted by Crippen LogP contribution is -2.39. The van der Waals surface area contributed by atoms with E-state index >= 15 is 0 Å². The maximum absolute atomic E-state index is 12.1. The summed E-state index contributed by atoms with van der Waals surface area (Å²) >= 11 is 0. The second-order valence-corrected chi connectivity index (χ2v) is 3.61. The zero-order chi connectivity index (χ0) is 12.3. The summed E-state index contributed by atoms with van der Waals surface area (Å²) in [7, 11) is 0. The molecule has 0 saturated heterocycles. The van der Waals surface area contributed by atoms with Gasteiger partial charge in [-0.05, 0) is 12.1 Å². The fourth-order valence-corrected chi connectivity index (χ4v) is 1.64. The van der Waals surface area contributed by atoms with Gasteiger partial charge in [0.2, 0.25) is 0 Å². The van der Waals surface area contributed by atoms with Gasteiger partial charge in [-0.3, -0.25) is 10.1 Å². The molecule has 1 heterocycles. The van der Waals surface area contributed by atoms with Gasteiger partial charge in [-0.1, -0.05) is 12.1 Å². The van der Waals surface area contributed by atoms with Crippen LogP contribution in [0.25, 0.3) is 11.0 Å². The molecule has 0 bridgehead atoms. The van der Waals surface area contributed by atoms with Crippen molar-refractivity contribution in [3.05, 3.63) is 36.1 Å². The van der Waals surface area contributed by atoms with Gasteiger partial charge < -0.3 is 9.52 Å². The van der Waals surface area contributed by atoms with Crippen LogP contribution in [0.2, 0.25) is 0 Å². The summed E-state index contributed by atoms with van der Waals surface area (Å²) in [5, 5.41) is 12.2. The molecule has 90 valence electrons. The molecule has 5 heteroatoms. The van der Waals surface area contributed by atoms with Crippen molar-refractivity contribution in [1.82, 2.24) is 5.32 Å². The Bertz CT molecular complexity index is 523. The second kappa shape index (κ2) is 5.07. The third-order valence-electron chi connectivity index (χ3n) is 2.56. The van der Waals surface area contributed by atoms with Gasteiger partial charge in [-0.2, -0.15) is 0 Å².